The molecule has 1 N–H and O–H groups in total. The van der Waals surface area contributed by atoms with Gasteiger partial charge in [0.05, 0.1) is 24.0 Å². The topological polar surface area (TPSA) is 75.7 Å². The molecule has 0 aromatic heterocycles. The van der Waals surface area contributed by atoms with Gasteiger partial charge in [-0.25, -0.2) is 8.42 Å². The van der Waals surface area contributed by atoms with Gasteiger partial charge in [-0.1, -0.05) is 30.3 Å². The molecular weight excluding hydrogens is 364 g/mol. The molecule has 2 aliphatic heterocycles. The van der Waals surface area contributed by atoms with E-state index in [4.69, 9.17) is 4.74 Å². The van der Waals surface area contributed by atoms with E-state index in [0.29, 0.717) is 38.2 Å². The maximum atomic E-state index is 12.7. The van der Waals surface area contributed by atoms with Crippen LogP contribution in [0.15, 0.2) is 48.5 Å². The zero-order chi connectivity index (χ0) is 18.9. The van der Waals surface area contributed by atoms with Gasteiger partial charge in [0, 0.05) is 18.7 Å². The summed E-state index contributed by atoms with van der Waals surface area (Å²) in [4.78, 5) is 12.7. The van der Waals surface area contributed by atoms with Crippen molar-refractivity contribution in [3.05, 3.63) is 59.7 Å². The van der Waals surface area contributed by atoms with Crippen molar-refractivity contribution in [2.45, 2.75) is 25.3 Å². The molecule has 0 bridgehead atoms. The minimum absolute atomic E-state index is 0.0371. The van der Waals surface area contributed by atoms with E-state index >= 15 is 0 Å². The summed E-state index contributed by atoms with van der Waals surface area (Å²) in [5, 5.41) is 2.99. The second-order valence-electron chi connectivity index (χ2n) is 6.86. The molecule has 0 radical (unpaired) electrons. The number of hydrogen-bond acceptors (Lipinski definition) is 4. The van der Waals surface area contributed by atoms with E-state index in [1.807, 2.05) is 42.5 Å². The van der Waals surface area contributed by atoms with Gasteiger partial charge in [0.15, 0.2) is 0 Å². The van der Waals surface area contributed by atoms with Crippen molar-refractivity contribution in [2.75, 3.05) is 23.2 Å². The largest absolute Gasteiger partial charge is 0.493 e. The lowest BCUT2D eigenvalue weighted by Crippen LogP contribution is -2.32. The minimum atomic E-state index is -3.21. The maximum absolute atomic E-state index is 12.7. The lowest BCUT2D eigenvalue weighted by molar-refractivity contribution is -0.123. The molecular formula is C20H22N2O4S. The average Bonchev–Trinajstić information content (AvgIpc) is 3.05. The van der Waals surface area contributed by atoms with Crippen LogP contribution in [0.25, 0.3) is 0 Å². The second kappa shape index (κ2) is 7.23. The van der Waals surface area contributed by atoms with Crippen LogP contribution in [-0.2, 0) is 21.4 Å². The lowest BCUT2D eigenvalue weighted by Gasteiger charge is -2.25. The first-order valence-corrected chi connectivity index (χ1v) is 10.7. The molecule has 1 unspecified atom stereocenters. The molecule has 2 aromatic carbocycles. The molecule has 4 rings (SSSR count). The minimum Gasteiger partial charge on any atom is -0.493 e. The van der Waals surface area contributed by atoms with Gasteiger partial charge < -0.3 is 10.1 Å². The van der Waals surface area contributed by atoms with Crippen LogP contribution >= 0.6 is 0 Å². The summed E-state index contributed by atoms with van der Waals surface area (Å²) >= 11 is 0. The van der Waals surface area contributed by atoms with Gasteiger partial charge in [-0.15, -0.1) is 0 Å². The van der Waals surface area contributed by atoms with Crippen LogP contribution in [0.2, 0.25) is 0 Å². The van der Waals surface area contributed by atoms with Crippen LogP contribution < -0.4 is 14.4 Å². The molecule has 142 valence electrons. The van der Waals surface area contributed by atoms with Gasteiger partial charge in [0.1, 0.15) is 5.75 Å². The number of rotatable bonds is 4. The molecule has 2 heterocycles. The summed E-state index contributed by atoms with van der Waals surface area (Å²) in [5.74, 6) is 0.698. The van der Waals surface area contributed by atoms with Gasteiger partial charge in [0.25, 0.3) is 0 Å². The highest BCUT2D eigenvalue weighted by atomic mass is 32.2. The third-order valence-corrected chi connectivity index (χ3v) is 6.91. The average molecular weight is 386 g/mol. The highest BCUT2D eigenvalue weighted by molar-refractivity contribution is 7.93. The zero-order valence-electron chi connectivity index (χ0n) is 14.9. The summed E-state index contributed by atoms with van der Waals surface area (Å²) in [6, 6.07) is 15.0. The van der Waals surface area contributed by atoms with Gasteiger partial charge in [-0.3, -0.25) is 9.10 Å². The second-order valence-corrected chi connectivity index (χ2v) is 8.87. The third kappa shape index (κ3) is 3.64. The van der Waals surface area contributed by atoms with Crippen LogP contribution in [0.3, 0.4) is 0 Å². The van der Waals surface area contributed by atoms with Gasteiger partial charge in [-0.05, 0) is 36.6 Å². The van der Waals surface area contributed by atoms with Crippen LogP contribution in [0.4, 0.5) is 5.69 Å². The van der Waals surface area contributed by atoms with Crippen molar-refractivity contribution in [1.29, 1.82) is 0 Å². The number of carbonyl (C=O) groups is 1. The highest BCUT2D eigenvalue weighted by Gasteiger charge is 2.29. The Bertz CT molecular complexity index is 958. The number of carbonyl (C=O) groups excluding carboxylic acids is 1. The summed E-state index contributed by atoms with van der Waals surface area (Å²) in [6.45, 7) is 1.40. The predicted molar refractivity (Wildman–Crippen MR) is 103 cm³/mol. The molecule has 1 atom stereocenters. The highest BCUT2D eigenvalue weighted by Crippen LogP contribution is 2.33. The van der Waals surface area contributed by atoms with Crippen molar-refractivity contribution < 1.29 is 17.9 Å². The number of amides is 1. The lowest BCUT2D eigenvalue weighted by atomic mass is 9.92. The molecule has 6 nitrogen and oxygen atoms in total. The Morgan fingerprint density at radius 3 is 2.85 bits per heavy atom. The van der Waals surface area contributed by atoms with Crippen LogP contribution in [0.1, 0.15) is 29.9 Å². The SMILES string of the molecule is O=C(NCc1cccc(N2CCCS2(=O)=O)c1)C1CCOc2ccccc21. The summed E-state index contributed by atoms with van der Waals surface area (Å²) in [5.41, 5.74) is 2.46. The van der Waals surface area contributed by atoms with Crippen LogP contribution in [0.5, 0.6) is 5.75 Å². The molecule has 7 heteroatoms. The number of para-hydroxylation sites is 1. The number of fused-ring (bicyclic) bond motifs is 1. The predicted octanol–water partition coefficient (Wildman–Crippen LogP) is 2.41. The van der Waals surface area contributed by atoms with E-state index in [1.165, 1.54) is 4.31 Å². The summed E-state index contributed by atoms with van der Waals surface area (Å²) in [7, 11) is -3.21. The van der Waals surface area contributed by atoms with E-state index in [9.17, 15) is 13.2 Å². The van der Waals surface area contributed by atoms with Crippen LogP contribution in [0, 0.1) is 0 Å². The number of anilines is 1. The van der Waals surface area contributed by atoms with E-state index in [-0.39, 0.29) is 17.6 Å². The Kier molecular flexibility index (Phi) is 4.78. The van der Waals surface area contributed by atoms with Crippen molar-refractivity contribution in [3.8, 4) is 5.75 Å². The van der Waals surface area contributed by atoms with Crippen molar-refractivity contribution in [2.24, 2.45) is 0 Å². The van der Waals surface area contributed by atoms with Gasteiger partial charge in [0.2, 0.25) is 15.9 Å². The maximum Gasteiger partial charge on any atom is 0.235 e. The molecule has 0 spiro atoms. The smallest absolute Gasteiger partial charge is 0.235 e. The normalized spacial score (nSPS) is 20.6. The van der Waals surface area contributed by atoms with Crippen molar-refractivity contribution in [1.82, 2.24) is 5.32 Å². The van der Waals surface area contributed by atoms with E-state index in [2.05, 4.69) is 5.32 Å². The fourth-order valence-corrected chi connectivity index (χ4v) is 5.23. The van der Waals surface area contributed by atoms with E-state index in [1.54, 1.807) is 6.07 Å². The number of nitrogens with one attached hydrogen (secondary N) is 1. The molecule has 2 aromatic rings. The number of nitrogens with zero attached hydrogens (tertiary/aromatic N) is 1. The quantitative estimate of drug-likeness (QED) is 0.876. The van der Waals surface area contributed by atoms with Crippen molar-refractivity contribution in [3.63, 3.8) is 0 Å². The molecule has 0 saturated carbocycles. The first-order chi connectivity index (χ1) is 13.0. The fraction of sp³-hybridized carbons (Fsp3) is 0.350. The first kappa shape index (κ1) is 17.9. The number of hydrogen-bond donors (Lipinski definition) is 1. The standard InChI is InChI=1S/C20H22N2O4S/c23-20(18-9-11-26-19-8-2-1-7-17(18)19)21-14-15-5-3-6-16(13-15)22-10-4-12-27(22,24)25/h1-3,5-8,13,18H,4,9-12,14H2,(H,21,23). The summed E-state index contributed by atoms with van der Waals surface area (Å²) in [6.07, 6.45) is 1.29. The molecule has 27 heavy (non-hydrogen) atoms. The Balaban J connectivity index is 1.45. The van der Waals surface area contributed by atoms with Crippen molar-refractivity contribution >= 4 is 21.6 Å². The van der Waals surface area contributed by atoms with E-state index in [0.717, 1.165) is 16.9 Å². The molecule has 0 aliphatic carbocycles. The fourth-order valence-electron chi connectivity index (χ4n) is 3.68. The monoisotopic (exact) mass is 386 g/mol. The van der Waals surface area contributed by atoms with E-state index < -0.39 is 10.0 Å². The first-order valence-electron chi connectivity index (χ1n) is 9.13. The summed E-state index contributed by atoms with van der Waals surface area (Å²) < 4.78 is 31.3. The van der Waals surface area contributed by atoms with Gasteiger partial charge >= 0.3 is 0 Å². The molecule has 1 saturated heterocycles. The third-order valence-electron chi connectivity index (χ3n) is 5.04. The van der Waals surface area contributed by atoms with Crippen LogP contribution in [-0.4, -0.2) is 33.2 Å². The number of benzene rings is 2. The molecule has 1 amide bonds. The number of sulfonamides is 1. The molecule has 2 aliphatic rings. The number of ether oxygens (including phenoxy) is 1. The Labute approximate surface area is 159 Å². The Hall–Kier alpha value is -2.54. The zero-order valence-corrected chi connectivity index (χ0v) is 15.7. The van der Waals surface area contributed by atoms with Gasteiger partial charge in [-0.2, -0.15) is 0 Å². The molecule has 1 fully saturated rings. The Morgan fingerprint density at radius 1 is 1.19 bits per heavy atom. The Morgan fingerprint density at radius 2 is 2.04 bits per heavy atom.